The van der Waals surface area contributed by atoms with Gasteiger partial charge < -0.3 is 10.1 Å². The highest BCUT2D eigenvalue weighted by Gasteiger charge is 2.33. The first-order chi connectivity index (χ1) is 18.1. The van der Waals surface area contributed by atoms with Crippen LogP contribution in [-0.2, 0) is 11.2 Å². The summed E-state index contributed by atoms with van der Waals surface area (Å²) < 4.78 is 7.55. The molecular formula is C28H23N5O3S. The first kappa shape index (κ1) is 22.9. The lowest BCUT2D eigenvalue weighted by Crippen LogP contribution is -2.26. The minimum absolute atomic E-state index is 0.242. The Hall–Kier alpha value is -4.50. The first-order valence-corrected chi connectivity index (χ1v) is 12.9. The van der Waals surface area contributed by atoms with Gasteiger partial charge in [-0.05, 0) is 30.0 Å². The SMILES string of the molecule is CCCc1cc(=O)[nH]c(-n2nc(-c3cccs3)cc2NC(=O)C2c3ccccc3Oc3ccccc32)n1. The van der Waals surface area contributed by atoms with E-state index < -0.39 is 5.92 Å². The van der Waals surface area contributed by atoms with Crippen LogP contribution in [0.2, 0.25) is 0 Å². The van der Waals surface area contributed by atoms with Gasteiger partial charge in [-0.2, -0.15) is 9.78 Å². The summed E-state index contributed by atoms with van der Waals surface area (Å²) in [4.78, 5) is 34.6. The molecule has 2 aromatic carbocycles. The lowest BCUT2D eigenvalue weighted by atomic mass is 9.87. The molecule has 0 spiro atoms. The van der Waals surface area contributed by atoms with Crippen molar-refractivity contribution in [1.82, 2.24) is 19.7 Å². The number of benzene rings is 2. The van der Waals surface area contributed by atoms with Crippen LogP contribution in [0.3, 0.4) is 0 Å². The van der Waals surface area contributed by atoms with Crippen molar-refractivity contribution in [3.05, 3.63) is 105 Å². The molecule has 3 aromatic heterocycles. The number of aryl methyl sites for hydroxylation is 1. The number of H-pyrrole nitrogens is 1. The molecule has 37 heavy (non-hydrogen) atoms. The van der Waals surface area contributed by atoms with Crippen molar-refractivity contribution in [2.24, 2.45) is 0 Å². The van der Waals surface area contributed by atoms with Gasteiger partial charge in [0.25, 0.3) is 5.56 Å². The maximum Gasteiger partial charge on any atom is 0.252 e. The number of hydrogen-bond acceptors (Lipinski definition) is 6. The Morgan fingerprint density at radius 3 is 2.46 bits per heavy atom. The second kappa shape index (κ2) is 9.51. The van der Waals surface area contributed by atoms with Crippen LogP contribution in [0.5, 0.6) is 11.5 Å². The number of para-hydroxylation sites is 2. The number of thiophene rings is 1. The van der Waals surface area contributed by atoms with E-state index in [1.165, 1.54) is 22.1 Å². The molecule has 0 saturated carbocycles. The van der Waals surface area contributed by atoms with E-state index in [-0.39, 0.29) is 17.4 Å². The zero-order chi connectivity index (χ0) is 25.4. The summed E-state index contributed by atoms with van der Waals surface area (Å²) in [6.45, 7) is 2.03. The topological polar surface area (TPSA) is 102 Å². The van der Waals surface area contributed by atoms with E-state index in [1.54, 1.807) is 6.07 Å². The van der Waals surface area contributed by atoms with Gasteiger partial charge >= 0.3 is 0 Å². The third-order valence-electron chi connectivity index (χ3n) is 6.17. The molecular weight excluding hydrogens is 486 g/mol. The lowest BCUT2D eigenvalue weighted by Gasteiger charge is -2.27. The minimum Gasteiger partial charge on any atom is -0.457 e. The Bertz CT molecular complexity index is 1610. The molecule has 1 aliphatic heterocycles. The maximum atomic E-state index is 13.9. The molecule has 0 aliphatic carbocycles. The van der Waals surface area contributed by atoms with Crippen LogP contribution < -0.4 is 15.6 Å². The highest BCUT2D eigenvalue weighted by atomic mass is 32.1. The van der Waals surface area contributed by atoms with E-state index in [4.69, 9.17) is 9.84 Å². The average molecular weight is 510 g/mol. The molecule has 9 heteroatoms. The van der Waals surface area contributed by atoms with Crippen molar-refractivity contribution in [2.45, 2.75) is 25.7 Å². The molecule has 0 atom stereocenters. The Morgan fingerprint density at radius 1 is 1.05 bits per heavy atom. The number of nitrogens with zero attached hydrogens (tertiary/aromatic N) is 3. The van der Waals surface area contributed by atoms with Crippen LogP contribution in [0.1, 0.15) is 36.1 Å². The van der Waals surface area contributed by atoms with Crippen LogP contribution >= 0.6 is 11.3 Å². The highest BCUT2D eigenvalue weighted by Crippen LogP contribution is 2.44. The standard InChI is InChI=1S/C28H23N5O3S/c1-2-8-17-15-25(34)31-28(29-17)33-24(16-20(32-33)23-13-7-14-37-23)30-27(35)26-18-9-3-5-11-21(18)36-22-12-6-4-10-19(22)26/h3-7,9-16,26H,2,8H2,1H3,(H,30,35)(H,29,31,34). The quantitative estimate of drug-likeness (QED) is 0.314. The number of nitrogens with one attached hydrogen (secondary N) is 2. The van der Waals surface area contributed by atoms with Gasteiger partial charge in [-0.25, -0.2) is 4.98 Å². The zero-order valence-corrected chi connectivity index (χ0v) is 20.8. The number of aromatic amines is 1. The molecule has 0 unspecified atom stereocenters. The van der Waals surface area contributed by atoms with Gasteiger partial charge in [0.15, 0.2) is 0 Å². The third kappa shape index (κ3) is 4.34. The molecule has 4 heterocycles. The van der Waals surface area contributed by atoms with Gasteiger partial charge in [-0.3, -0.25) is 14.6 Å². The number of hydrogen-bond donors (Lipinski definition) is 2. The molecule has 1 amide bonds. The predicted octanol–water partition coefficient (Wildman–Crippen LogP) is 5.51. The Balaban J connectivity index is 1.44. The van der Waals surface area contributed by atoms with Crippen LogP contribution in [0, 0.1) is 0 Å². The van der Waals surface area contributed by atoms with E-state index in [9.17, 15) is 9.59 Å². The summed E-state index contributed by atoms with van der Waals surface area (Å²) in [5.41, 5.74) is 2.62. The van der Waals surface area contributed by atoms with Gasteiger partial charge in [0.1, 0.15) is 23.0 Å². The molecule has 5 aromatic rings. The van der Waals surface area contributed by atoms with Crippen molar-refractivity contribution in [1.29, 1.82) is 0 Å². The van der Waals surface area contributed by atoms with Gasteiger partial charge in [0.05, 0.1) is 10.8 Å². The zero-order valence-electron chi connectivity index (χ0n) is 20.0. The summed E-state index contributed by atoms with van der Waals surface area (Å²) in [7, 11) is 0. The number of carbonyl (C=O) groups is 1. The maximum absolute atomic E-state index is 13.9. The van der Waals surface area contributed by atoms with Crippen LogP contribution in [0.25, 0.3) is 16.5 Å². The van der Waals surface area contributed by atoms with Gasteiger partial charge in [-0.1, -0.05) is 55.8 Å². The van der Waals surface area contributed by atoms with Gasteiger partial charge in [0, 0.05) is 29.0 Å². The number of rotatable bonds is 6. The summed E-state index contributed by atoms with van der Waals surface area (Å²) in [6.07, 6.45) is 1.51. The van der Waals surface area contributed by atoms with E-state index in [2.05, 4.69) is 15.3 Å². The largest absolute Gasteiger partial charge is 0.457 e. The molecule has 2 N–H and O–H groups in total. The second-order valence-electron chi connectivity index (χ2n) is 8.71. The van der Waals surface area contributed by atoms with Crippen LogP contribution in [-0.4, -0.2) is 25.7 Å². The second-order valence-corrected chi connectivity index (χ2v) is 9.66. The molecule has 0 fully saturated rings. The Labute approximate surface area is 216 Å². The summed E-state index contributed by atoms with van der Waals surface area (Å²) in [5, 5.41) is 9.73. The van der Waals surface area contributed by atoms with Gasteiger partial charge in [0.2, 0.25) is 11.9 Å². The third-order valence-corrected chi connectivity index (χ3v) is 7.06. The smallest absolute Gasteiger partial charge is 0.252 e. The van der Waals surface area contributed by atoms with Crippen molar-refractivity contribution in [3.8, 4) is 28.0 Å². The summed E-state index contributed by atoms with van der Waals surface area (Å²) >= 11 is 1.54. The Morgan fingerprint density at radius 2 is 1.78 bits per heavy atom. The van der Waals surface area contributed by atoms with E-state index in [0.29, 0.717) is 35.1 Å². The van der Waals surface area contributed by atoms with Crippen molar-refractivity contribution >= 4 is 23.1 Å². The summed E-state index contributed by atoms with van der Waals surface area (Å²) in [5.74, 6) is 1.12. The lowest BCUT2D eigenvalue weighted by molar-refractivity contribution is -0.116. The molecule has 0 saturated heterocycles. The minimum atomic E-state index is -0.590. The van der Waals surface area contributed by atoms with E-state index in [1.807, 2.05) is 73.0 Å². The van der Waals surface area contributed by atoms with Crippen molar-refractivity contribution in [3.63, 3.8) is 0 Å². The fourth-order valence-corrected chi connectivity index (χ4v) is 5.23. The molecule has 1 aliphatic rings. The fourth-order valence-electron chi connectivity index (χ4n) is 4.55. The fraction of sp³-hybridized carbons (Fsp3) is 0.143. The van der Waals surface area contributed by atoms with Crippen LogP contribution in [0.4, 0.5) is 5.82 Å². The Kier molecular flexibility index (Phi) is 5.90. The average Bonchev–Trinajstić information content (AvgIpc) is 3.57. The van der Waals surface area contributed by atoms with Crippen molar-refractivity contribution < 1.29 is 9.53 Å². The number of aromatic nitrogens is 4. The van der Waals surface area contributed by atoms with E-state index in [0.717, 1.165) is 22.4 Å². The monoisotopic (exact) mass is 509 g/mol. The van der Waals surface area contributed by atoms with Gasteiger partial charge in [-0.15, -0.1) is 11.3 Å². The highest BCUT2D eigenvalue weighted by molar-refractivity contribution is 7.13. The molecule has 0 radical (unpaired) electrons. The first-order valence-electron chi connectivity index (χ1n) is 12.0. The number of carbonyl (C=O) groups excluding carboxylic acids is 1. The normalized spacial score (nSPS) is 12.5. The number of ether oxygens (including phenoxy) is 1. The predicted molar refractivity (Wildman–Crippen MR) is 143 cm³/mol. The number of anilines is 1. The number of amides is 1. The molecule has 6 rings (SSSR count). The van der Waals surface area contributed by atoms with Crippen LogP contribution in [0.15, 0.2) is 83.0 Å². The molecule has 184 valence electrons. The van der Waals surface area contributed by atoms with Crippen molar-refractivity contribution in [2.75, 3.05) is 5.32 Å². The number of fused-ring (bicyclic) bond motifs is 2. The summed E-state index contributed by atoms with van der Waals surface area (Å²) in [6, 6.07) is 22.3. The van der Waals surface area contributed by atoms with E-state index >= 15 is 0 Å². The molecule has 8 nitrogen and oxygen atoms in total. The molecule has 0 bridgehead atoms.